The number of aromatic nitrogens is 3. The van der Waals surface area contributed by atoms with Crippen LogP contribution in [0.5, 0.6) is 11.5 Å². The molecule has 50 heavy (non-hydrogen) atoms. The Morgan fingerprint density at radius 3 is 1.64 bits per heavy atom. The number of hydrogen-bond donors (Lipinski definition) is 0. The fraction of sp³-hybridized carbons (Fsp3) is 0.0222. The van der Waals surface area contributed by atoms with Crippen molar-refractivity contribution >= 4 is 16.5 Å². The van der Waals surface area contributed by atoms with Gasteiger partial charge in [-0.25, -0.2) is 19.8 Å². The summed E-state index contributed by atoms with van der Waals surface area (Å²) in [5.74, 6) is 3.17. The predicted molar refractivity (Wildman–Crippen MR) is 198 cm³/mol. The maximum atomic E-state index is 7.41. The number of hydrogen-bond acceptors (Lipinski definition) is 4. The van der Waals surface area contributed by atoms with Crippen LogP contribution < -0.4 is 4.74 Å². The topological polar surface area (TPSA) is 52.3 Å². The molecule has 7 aromatic carbocycles. The Bertz CT molecular complexity index is 2540. The van der Waals surface area contributed by atoms with Crippen molar-refractivity contribution in [1.29, 1.82) is 0 Å². The lowest BCUT2D eigenvalue weighted by molar-refractivity contribution is 0.434. The van der Waals surface area contributed by atoms with E-state index < -0.39 is 5.41 Å². The molecule has 0 spiro atoms. The minimum absolute atomic E-state index is 0.529. The van der Waals surface area contributed by atoms with Gasteiger partial charge in [0.1, 0.15) is 11.5 Å². The van der Waals surface area contributed by atoms with Crippen molar-refractivity contribution in [3.8, 4) is 45.7 Å². The fourth-order valence-electron chi connectivity index (χ4n) is 7.13. The van der Waals surface area contributed by atoms with E-state index in [1.54, 1.807) is 12.1 Å². The number of fused-ring (bicyclic) bond motifs is 3. The molecule has 0 N–H and O–H groups in total. The molecule has 0 atom stereocenters. The van der Waals surface area contributed by atoms with Crippen molar-refractivity contribution < 1.29 is 4.74 Å². The van der Waals surface area contributed by atoms with Crippen molar-refractivity contribution in [2.75, 3.05) is 0 Å². The van der Waals surface area contributed by atoms with E-state index in [9.17, 15) is 0 Å². The molecular weight excluding hydrogens is 613 g/mol. The summed E-state index contributed by atoms with van der Waals surface area (Å²) in [6.45, 7) is 7.41. The molecular formula is C45H28N4O. The van der Waals surface area contributed by atoms with Crippen LogP contribution in [0.4, 0.5) is 5.69 Å². The first kappa shape index (κ1) is 29.3. The molecule has 0 amide bonds. The molecule has 0 bridgehead atoms. The molecule has 0 aliphatic carbocycles. The monoisotopic (exact) mass is 640 g/mol. The first-order chi connectivity index (χ1) is 24.7. The van der Waals surface area contributed by atoms with Gasteiger partial charge in [-0.15, -0.1) is 0 Å². The van der Waals surface area contributed by atoms with E-state index in [4.69, 9.17) is 26.3 Å². The second-order valence-electron chi connectivity index (χ2n) is 12.3. The second kappa shape index (κ2) is 12.0. The molecule has 2 heterocycles. The third-order valence-corrected chi connectivity index (χ3v) is 9.47. The van der Waals surface area contributed by atoms with Crippen molar-refractivity contribution in [3.63, 3.8) is 0 Å². The molecule has 5 nitrogen and oxygen atoms in total. The zero-order valence-electron chi connectivity index (χ0n) is 26.9. The summed E-state index contributed by atoms with van der Waals surface area (Å²) in [4.78, 5) is 18.6. The Kier molecular flexibility index (Phi) is 7.00. The van der Waals surface area contributed by atoms with Gasteiger partial charge in [-0.3, -0.25) is 0 Å². The first-order valence-corrected chi connectivity index (χ1v) is 16.5. The summed E-state index contributed by atoms with van der Waals surface area (Å²) in [6, 6.07) is 57.7. The van der Waals surface area contributed by atoms with E-state index in [2.05, 4.69) is 120 Å². The van der Waals surface area contributed by atoms with Crippen molar-refractivity contribution in [1.82, 2.24) is 15.0 Å². The van der Waals surface area contributed by atoms with Crippen LogP contribution >= 0.6 is 0 Å². The van der Waals surface area contributed by atoms with E-state index in [1.807, 2.05) is 42.5 Å². The normalized spacial score (nSPS) is 12.7. The zero-order valence-corrected chi connectivity index (χ0v) is 26.9. The number of rotatable bonds is 5. The van der Waals surface area contributed by atoms with Gasteiger partial charge in [-0.2, -0.15) is 0 Å². The third kappa shape index (κ3) is 4.82. The average molecular weight is 641 g/mol. The van der Waals surface area contributed by atoms with Crippen LogP contribution in [0, 0.1) is 6.57 Å². The predicted octanol–water partition coefficient (Wildman–Crippen LogP) is 11.1. The van der Waals surface area contributed by atoms with Gasteiger partial charge >= 0.3 is 0 Å². The van der Waals surface area contributed by atoms with E-state index in [0.29, 0.717) is 23.2 Å². The molecule has 1 aliphatic rings. The zero-order chi connectivity index (χ0) is 33.5. The standard InChI is InChI=1S/C45H28N4O/c1-46-37-25-22-31(23-26-37)42-47-43(33-21-20-30-12-8-9-13-32(30)28-33)49-44(48-42)34-24-27-39-41(29-34)50-40-19-11-10-18-38(40)45(39,35-14-4-2-5-15-35)36-16-6-3-7-17-36/h2-29H. The van der Waals surface area contributed by atoms with Crippen molar-refractivity contribution in [3.05, 3.63) is 204 Å². The highest BCUT2D eigenvalue weighted by molar-refractivity contribution is 5.86. The van der Waals surface area contributed by atoms with E-state index in [1.165, 1.54) is 0 Å². The summed E-state index contributed by atoms with van der Waals surface area (Å²) in [6.07, 6.45) is 0. The summed E-state index contributed by atoms with van der Waals surface area (Å²) < 4.78 is 6.74. The Morgan fingerprint density at radius 2 is 0.960 bits per heavy atom. The number of nitrogens with zero attached hydrogens (tertiary/aromatic N) is 4. The first-order valence-electron chi connectivity index (χ1n) is 16.5. The highest BCUT2D eigenvalue weighted by atomic mass is 16.5. The van der Waals surface area contributed by atoms with E-state index in [-0.39, 0.29) is 0 Å². The molecule has 8 aromatic rings. The molecule has 0 unspecified atom stereocenters. The van der Waals surface area contributed by atoms with Crippen molar-refractivity contribution in [2.45, 2.75) is 5.41 Å². The van der Waals surface area contributed by atoms with Gasteiger partial charge in [0.15, 0.2) is 23.2 Å². The summed E-state index contributed by atoms with van der Waals surface area (Å²) in [7, 11) is 0. The number of benzene rings is 7. The van der Waals surface area contributed by atoms with E-state index in [0.717, 1.165) is 61.2 Å². The van der Waals surface area contributed by atoms with Gasteiger partial charge in [0.05, 0.1) is 12.0 Å². The lowest BCUT2D eigenvalue weighted by Crippen LogP contribution is -2.34. The lowest BCUT2D eigenvalue weighted by atomic mass is 9.63. The quantitative estimate of drug-likeness (QED) is 0.176. The second-order valence-corrected chi connectivity index (χ2v) is 12.3. The van der Waals surface area contributed by atoms with Crippen molar-refractivity contribution in [2.24, 2.45) is 0 Å². The Labute approximate surface area is 290 Å². The molecule has 1 aliphatic heterocycles. The highest BCUT2D eigenvalue weighted by Crippen LogP contribution is 2.55. The maximum Gasteiger partial charge on any atom is 0.187 e. The van der Waals surface area contributed by atoms with Crippen LogP contribution in [0.15, 0.2) is 170 Å². The Balaban J connectivity index is 1.26. The highest BCUT2D eigenvalue weighted by Gasteiger charge is 2.45. The molecule has 9 rings (SSSR count). The number of para-hydroxylation sites is 1. The fourth-order valence-corrected chi connectivity index (χ4v) is 7.13. The van der Waals surface area contributed by atoms with Gasteiger partial charge in [-0.1, -0.05) is 152 Å². The molecule has 5 heteroatoms. The van der Waals surface area contributed by atoms with Crippen LogP contribution in [0.25, 0.3) is 49.8 Å². The molecule has 0 fully saturated rings. The Morgan fingerprint density at radius 1 is 0.440 bits per heavy atom. The molecule has 1 aromatic heterocycles. The smallest absolute Gasteiger partial charge is 0.187 e. The average Bonchev–Trinajstić information content (AvgIpc) is 3.20. The SMILES string of the molecule is [C-]#[N+]c1ccc(-c2nc(-c3ccc4c(c3)Oc3ccccc3C4(c3ccccc3)c3ccccc3)nc(-c3ccc4ccccc4c3)n2)cc1. The van der Waals surface area contributed by atoms with Gasteiger partial charge in [0.25, 0.3) is 0 Å². The molecule has 0 saturated heterocycles. The summed E-state index contributed by atoms with van der Waals surface area (Å²) in [5, 5.41) is 2.25. The Hall–Kier alpha value is -6.90. The summed E-state index contributed by atoms with van der Waals surface area (Å²) >= 11 is 0. The molecule has 0 saturated carbocycles. The molecule has 0 radical (unpaired) electrons. The minimum Gasteiger partial charge on any atom is -0.457 e. The lowest BCUT2D eigenvalue weighted by Gasteiger charge is -2.41. The van der Waals surface area contributed by atoms with Crippen LogP contribution in [-0.2, 0) is 5.41 Å². The summed E-state index contributed by atoms with van der Waals surface area (Å²) in [5.41, 5.74) is 6.88. The van der Waals surface area contributed by atoms with E-state index >= 15 is 0 Å². The van der Waals surface area contributed by atoms with Gasteiger partial charge in [-0.05, 0) is 40.1 Å². The van der Waals surface area contributed by atoms with Gasteiger partial charge < -0.3 is 4.74 Å². The van der Waals surface area contributed by atoms with Gasteiger partial charge in [0, 0.05) is 27.8 Å². The minimum atomic E-state index is -0.615. The van der Waals surface area contributed by atoms with Crippen LogP contribution in [0.3, 0.4) is 0 Å². The van der Waals surface area contributed by atoms with Crippen LogP contribution in [-0.4, -0.2) is 15.0 Å². The maximum absolute atomic E-state index is 7.41. The third-order valence-electron chi connectivity index (χ3n) is 9.47. The molecule has 234 valence electrons. The van der Waals surface area contributed by atoms with Gasteiger partial charge in [0.2, 0.25) is 0 Å². The largest absolute Gasteiger partial charge is 0.457 e. The number of ether oxygens (including phenoxy) is 1. The van der Waals surface area contributed by atoms with Crippen LogP contribution in [0.1, 0.15) is 22.3 Å². The van der Waals surface area contributed by atoms with Crippen LogP contribution in [0.2, 0.25) is 0 Å².